The Morgan fingerprint density at radius 1 is 1.27 bits per heavy atom. The molecule has 1 heterocycles. The predicted octanol–water partition coefficient (Wildman–Crippen LogP) is 3.21. The first kappa shape index (κ1) is 10.2. The second kappa shape index (κ2) is 4.07. The Morgan fingerprint density at radius 3 is 2.80 bits per heavy atom. The van der Waals surface area contributed by atoms with Crippen LogP contribution in [-0.2, 0) is 0 Å². The third-order valence-electron chi connectivity index (χ3n) is 2.75. The van der Waals surface area contributed by atoms with E-state index in [1.807, 2.05) is 6.20 Å². The first-order chi connectivity index (χ1) is 7.18. The van der Waals surface area contributed by atoms with Crippen molar-refractivity contribution in [1.29, 1.82) is 0 Å². The second-order valence-corrected chi connectivity index (χ2v) is 4.52. The maximum Gasteiger partial charge on any atom is 0.0457 e. The number of nitrogens with two attached hydrogens (primary N) is 1. The van der Waals surface area contributed by atoms with Crippen molar-refractivity contribution in [3.8, 4) is 0 Å². The van der Waals surface area contributed by atoms with Crippen LogP contribution in [0.1, 0.15) is 31.9 Å². The molecule has 0 unspecified atom stereocenters. The van der Waals surface area contributed by atoms with Crippen molar-refractivity contribution in [2.24, 2.45) is 11.7 Å². The first-order valence-electron chi connectivity index (χ1n) is 5.50. The SMILES string of the molecule is CC(C)C[C@@H](N)c1cccc2[nH]ccc12. The molecule has 2 rings (SSSR count). The molecule has 2 aromatic rings. The Labute approximate surface area is 90.5 Å². The molecular weight excluding hydrogens is 184 g/mol. The molecule has 1 aromatic carbocycles. The van der Waals surface area contributed by atoms with Crippen LogP contribution in [0.5, 0.6) is 0 Å². The zero-order valence-corrected chi connectivity index (χ0v) is 9.33. The molecule has 0 saturated heterocycles. The molecule has 2 heteroatoms. The van der Waals surface area contributed by atoms with Gasteiger partial charge in [0.05, 0.1) is 0 Å². The summed E-state index contributed by atoms with van der Waals surface area (Å²) in [5.41, 5.74) is 8.63. The standard InChI is InChI=1S/C13H18N2/c1-9(2)8-12(14)10-4-3-5-13-11(10)6-7-15-13/h3-7,9,12,15H,8,14H2,1-2H3/t12-/m1/s1. The summed E-state index contributed by atoms with van der Waals surface area (Å²) in [5, 5.41) is 1.26. The highest BCUT2D eigenvalue weighted by Gasteiger charge is 2.11. The fourth-order valence-electron chi connectivity index (χ4n) is 2.07. The van der Waals surface area contributed by atoms with Crippen molar-refractivity contribution >= 4 is 10.9 Å². The van der Waals surface area contributed by atoms with Crippen molar-refractivity contribution in [2.75, 3.05) is 0 Å². The predicted molar refractivity (Wildman–Crippen MR) is 64.7 cm³/mol. The lowest BCUT2D eigenvalue weighted by molar-refractivity contribution is 0.512. The number of aromatic nitrogens is 1. The van der Waals surface area contributed by atoms with Gasteiger partial charge in [0.25, 0.3) is 0 Å². The second-order valence-electron chi connectivity index (χ2n) is 4.52. The van der Waals surface area contributed by atoms with Crippen molar-refractivity contribution in [3.05, 3.63) is 36.0 Å². The van der Waals surface area contributed by atoms with Crippen LogP contribution in [0.15, 0.2) is 30.5 Å². The normalized spacial score (nSPS) is 13.6. The van der Waals surface area contributed by atoms with Gasteiger partial charge in [-0.3, -0.25) is 0 Å². The number of hydrogen-bond acceptors (Lipinski definition) is 1. The average Bonchev–Trinajstić information content (AvgIpc) is 2.63. The van der Waals surface area contributed by atoms with Crippen LogP contribution >= 0.6 is 0 Å². The zero-order chi connectivity index (χ0) is 10.8. The van der Waals surface area contributed by atoms with E-state index in [4.69, 9.17) is 5.73 Å². The van der Waals surface area contributed by atoms with Gasteiger partial charge in [0, 0.05) is 23.1 Å². The van der Waals surface area contributed by atoms with Crippen molar-refractivity contribution in [3.63, 3.8) is 0 Å². The number of H-pyrrole nitrogens is 1. The summed E-state index contributed by atoms with van der Waals surface area (Å²) in [6.07, 6.45) is 3.00. The molecule has 1 atom stereocenters. The molecule has 80 valence electrons. The van der Waals surface area contributed by atoms with Crippen molar-refractivity contribution < 1.29 is 0 Å². The van der Waals surface area contributed by atoms with Crippen LogP contribution in [0.4, 0.5) is 0 Å². The summed E-state index contributed by atoms with van der Waals surface area (Å²) in [6.45, 7) is 4.41. The van der Waals surface area contributed by atoms with E-state index >= 15 is 0 Å². The van der Waals surface area contributed by atoms with E-state index in [0.717, 1.165) is 6.42 Å². The summed E-state index contributed by atoms with van der Waals surface area (Å²) >= 11 is 0. The average molecular weight is 202 g/mol. The fraction of sp³-hybridized carbons (Fsp3) is 0.385. The lowest BCUT2D eigenvalue weighted by Gasteiger charge is -2.15. The van der Waals surface area contributed by atoms with E-state index in [1.165, 1.54) is 16.5 Å². The zero-order valence-electron chi connectivity index (χ0n) is 9.33. The van der Waals surface area contributed by atoms with E-state index in [1.54, 1.807) is 0 Å². The van der Waals surface area contributed by atoms with E-state index in [0.29, 0.717) is 5.92 Å². The maximum absolute atomic E-state index is 6.21. The van der Waals surface area contributed by atoms with Gasteiger partial charge in [-0.1, -0.05) is 26.0 Å². The third kappa shape index (κ3) is 2.05. The number of aromatic amines is 1. The minimum Gasteiger partial charge on any atom is -0.361 e. The van der Waals surface area contributed by atoms with E-state index < -0.39 is 0 Å². The largest absolute Gasteiger partial charge is 0.361 e. The van der Waals surface area contributed by atoms with Gasteiger partial charge >= 0.3 is 0 Å². The molecule has 3 N–H and O–H groups in total. The topological polar surface area (TPSA) is 41.8 Å². The lowest BCUT2D eigenvalue weighted by Crippen LogP contribution is -2.13. The Balaban J connectivity index is 2.38. The smallest absolute Gasteiger partial charge is 0.0457 e. The Hall–Kier alpha value is -1.28. The van der Waals surface area contributed by atoms with Gasteiger partial charge in [-0.25, -0.2) is 0 Å². The van der Waals surface area contributed by atoms with Gasteiger partial charge in [-0.2, -0.15) is 0 Å². The van der Waals surface area contributed by atoms with Gasteiger partial charge in [0.2, 0.25) is 0 Å². The lowest BCUT2D eigenvalue weighted by atomic mass is 9.95. The minimum absolute atomic E-state index is 0.143. The number of hydrogen-bond donors (Lipinski definition) is 2. The van der Waals surface area contributed by atoms with Gasteiger partial charge in [0.1, 0.15) is 0 Å². The van der Waals surface area contributed by atoms with Crippen LogP contribution in [0.25, 0.3) is 10.9 Å². The molecule has 15 heavy (non-hydrogen) atoms. The summed E-state index contributed by atoms with van der Waals surface area (Å²) in [7, 11) is 0. The summed E-state index contributed by atoms with van der Waals surface area (Å²) < 4.78 is 0. The highest BCUT2D eigenvalue weighted by Crippen LogP contribution is 2.25. The minimum atomic E-state index is 0.143. The summed E-state index contributed by atoms with van der Waals surface area (Å²) in [6, 6.07) is 8.52. The molecule has 0 spiro atoms. The van der Waals surface area contributed by atoms with Gasteiger partial charge in [0.15, 0.2) is 0 Å². The Kier molecular flexibility index (Phi) is 2.78. The van der Waals surface area contributed by atoms with Crippen LogP contribution < -0.4 is 5.73 Å². The maximum atomic E-state index is 6.21. The number of fused-ring (bicyclic) bond motifs is 1. The van der Waals surface area contributed by atoms with Crippen LogP contribution in [0, 0.1) is 5.92 Å². The molecule has 0 radical (unpaired) electrons. The molecule has 2 nitrogen and oxygen atoms in total. The quantitative estimate of drug-likeness (QED) is 0.788. The number of nitrogens with one attached hydrogen (secondary N) is 1. The highest BCUT2D eigenvalue weighted by atomic mass is 14.7. The molecule has 0 saturated carbocycles. The Morgan fingerprint density at radius 2 is 2.07 bits per heavy atom. The molecule has 0 aliphatic heterocycles. The first-order valence-corrected chi connectivity index (χ1v) is 5.50. The molecular formula is C13H18N2. The monoisotopic (exact) mass is 202 g/mol. The van der Waals surface area contributed by atoms with Crippen LogP contribution in [0.2, 0.25) is 0 Å². The van der Waals surface area contributed by atoms with Gasteiger partial charge < -0.3 is 10.7 Å². The van der Waals surface area contributed by atoms with Gasteiger partial charge in [-0.15, -0.1) is 0 Å². The number of rotatable bonds is 3. The summed E-state index contributed by atoms with van der Waals surface area (Å²) in [4.78, 5) is 3.21. The Bertz CT molecular complexity index is 442. The summed E-state index contributed by atoms with van der Waals surface area (Å²) in [5.74, 6) is 0.634. The van der Waals surface area contributed by atoms with Crippen molar-refractivity contribution in [1.82, 2.24) is 4.98 Å². The molecule has 0 bridgehead atoms. The molecule has 0 aliphatic carbocycles. The highest BCUT2D eigenvalue weighted by molar-refractivity contribution is 5.83. The number of benzene rings is 1. The van der Waals surface area contributed by atoms with E-state index in [2.05, 4.69) is 43.1 Å². The molecule has 0 aliphatic rings. The van der Waals surface area contributed by atoms with Gasteiger partial charge in [-0.05, 0) is 30.0 Å². The fourth-order valence-corrected chi connectivity index (χ4v) is 2.07. The van der Waals surface area contributed by atoms with Crippen molar-refractivity contribution in [2.45, 2.75) is 26.3 Å². The molecule has 0 amide bonds. The van der Waals surface area contributed by atoms with E-state index in [-0.39, 0.29) is 6.04 Å². The molecule has 0 fully saturated rings. The third-order valence-corrected chi connectivity index (χ3v) is 2.75. The van der Waals surface area contributed by atoms with E-state index in [9.17, 15) is 0 Å². The molecule has 1 aromatic heterocycles. The van der Waals surface area contributed by atoms with Crippen LogP contribution in [0.3, 0.4) is 0 Å². The van der Waals surface area contributed by atoms with Crippen LogP contribution in [-0.4, -0.2) is 4.98 Å².